The van der Waals surface area contributed by atoms with Crippen LogP contribution in [0.15, 0.2) is 42.3 Å². The molecule has 2 heterocycles. The third kappa shape index (κ3) is 4.29. The Kier molecular flexibility index (Phi) is 6.83. The van der Waals surface area contributed by atoms with Gasteiger partial charge in [-0.3, -0.25) is 9.78 Å². The van der Waals surface area contributed by atoms with Crippen molar-refractivity contribution >= 4 is 11.5 Å². The van der Waals surface area contributed by atoms with Gasteiger partial charge in [-0.05, 0) is 124 Å². The fourth-order valence-electron chi connectivity index (χ4n) is 9.22. The number of hydrogen-bond acceptors (Lipinski definition) is 5. The number of rotatable bonds is 5. The number of piperidine rings is 1. The maximum atomic E-state index is 12.6. The minimum atomic E-state index is -0.157. The molecule has 4 aliphatic carbocycles. The first-order valence-electron chi connectivity index (χ1n) is 15.2. The van der Waals surface area contributed by atoms with Crippen LogP contribution < -0.4 is 5.73 Å². The Hall–Kier alpha value is -1.98. The Bertz CT molecular complexity index is 1110. The molecule has 5 heteroatoms. The monoisotopic (exact) mass is 517 g/mol. The number of hydrogen-bond donors (Lipinski definition) is 1. The van der Waals surface area contributed by atoms with E-state index in [1.54, 1.807) is 5.57 Å². The van der Waals surface area contributed by atoms with Crippen molar-refractivity contribution < 1.29 is 9.53 Å². The van der Waals surface area contributed by atoms with Crippen molar-refractivity contribution in [1.82, 2.24) is 9.88 Å². The van der Waals surface area contributed by atoms with Crippen molar-refractivity contribution in [1.29, 1.82) is 0 Å². The zero-order valence-corrected chi connectivity index (χ0v) is 23.8. The molecule has 206 valence electrons. The summed E-state index contributed by atoms with van der Waals surface area (Å²) in [5.74, 6) is 2.01. The van der Waals surface area contributed by atoms with Crippen LogP contribution in [0.25, 0.3) is 5.57 Å². The Balaban J connectivity index is 1.11. The molecule has 1 aliphatic heterocycles. The van der Waals surface area contributed by atoms with E-state index in [1.807, 2.05) is 12.4 Å². The molecule has 2 saturated carbocycles. The number of nitrogens with two attached hydrogens (primary N) is 1. The van der Waals surface area contributed by atoms with Crippen LogP contribution in [-0.2, 0) is 9.53 Å². The highest BCUT2D eigenvalue weighted by molar-refractivity contribution is 5.72. The van der Waals surface area contributed by atoms with E-state index >= 15 is 0 Å². The van der Waals surface area contributed by atoms with Gasteiger partial charge in [0.15, 0.2) is 0 Å². The van der Waals surface area contributed by atoms with E-state index in [9.17, 15) is 4.79 Å². The number of carbonyl (C=O) groups is 1. The number of pyridine rings is 1. The predicted octanol–water partition coefficient (Wildman–Crippen LogP) is 6.01. The van der Waals surface area contributed by atoms with Crippen LogP contribution in [0.2, 0.25) is 0 Å². The van der Waals surface area contributed by atoms with Gasteiger partial charge in [0.25, 0.3) is 0 Å². The smallest absolute Gasteiger partial charge is 0.306 e. The van der Waals surface area contributed by atoms with Crippen LogP contribution in [0.1, 0.15) is 83.6 Å². The van der Waals surface area contributed by atoms with E-state index in [1.165, 1.54) is 11.1 Å². The van der Waals surface area contributed by atoms with Gasteiger partial charge < -0.3 is 15.4 Å². The lowest BCUT2D eigenvalue weighted by atomic mass is 9.43. The number of likely N-dealkylation sites (tertiary alicyclic amines) is 1. The summed E-state index contributed by atoms with van der Waals surface area (Å²) in [7, 11) is 2.16. The summed E-state index contributed by atoms with van der Waals surface area (Å²) in [5, 5.41) is 0. The van der Waals surface area contributed by atoms with Crippen molar-refractivity contribution in [2.24, 2.45) is 40.2 Å². The van der Waals surface area contributed by atoms with Crippen LogP contribution in [0.3, 0.4) is 0 Å². The number of nitrogens with zero attached hydrogens (tertiary/aromatic N) is 2. The molecular formula is C33H47N3O2. The van der Waals surface area contributed by atoms with E-state index in [2.05, 4.69) is 55.1 Å². The van der Waals surface area contributed by atoms with Crippen LogP contribution in [-0.4, -0.2) is 48.1 Å². The molecule has 5 aliphatic rings. The second kappa shape index (κ2) is 9.89. The molecule has 6 rings (SSSR count). The van der Waals surface area contributed by atoms with Crippen molar-refractivity contribution in [2.75, 3.05) is 26.7 Å². The van der Waals surface area contributed by atoms with Gasteiger partial charge in [0.2, 0.25) is 0 Å². The first-order valence-corrected chi connectivity index (χ1v) is 15.2. The lowest BCUT2D eigenvalue weighted by molar-refractivity contribution is -0.147. The highest BCUT2D eigenvalue weighted by atomic mass is 16.5. The van der Waals surface area contributed by atoms with E-state index in [4.69, 9.17) is 10.5 Å². The lowest BCUT2D eigenvalue weighted by Crippen LogP contribution is -2.67. The molecule has 1 aromatic heterocycles. The number of aromatic nitrogens is 1. The molecule has 38 heavy (non-hydrogen) atoms. The van der Waals surface area contributed by atoms with E-state index < -0.39 is 0 Å². The number of esters is 1. The fourth-order valence-corrected chi connectivity index (χ4v) is 9.22. The van der Waals surface area contributed by atoms with Gasteiger partial charge in [0, 0.05) is 29.8 Å². The average Bonchev–Trinajstić information content (AvgIpc) is 3.27. The minimum absolute atomic E-state index is 0.00518. The summed E-state index contributed by atoms with van der Waals surface area (Å²) in [6.45, 7) is 7.70. The fraction of sp³-hybridized carbons (Fsp3) is 0.697. The number of fused-ring (bicyclic) bond motifs is 5. The minimum Gasteiger partial charge on any atom is -0.465 e. The Morgan fingerprint density at radius 2 is 1.87 bits per heavy atom. The van der Waals surface area contributed by atoms with Crippen molar-refractivity contribution in [3.8, 4) is 0 Å². The molecule has 3 fully saturated rings. The first-order chi connectivity index (χ1) is 18.2. The third-order valence-corrected chi connectivity index (χ3v) is 11.9. The van der Waals surface area contributed by atoms with E-state index in [0.717, 1.165) is 70.9 Å². The zero-order valence-electron chi connectivity index (χ0n) is 23.8. The van der Waals surface area contributed by atoms with Crippen LogP contribution in [0.5, 0.6) is 0 Å². The molecule has 1 aromatic rings. The van der Waals surface area contributed by atoms with Gasteiger partial charge in [-0.25, -0.2) is 0 Å². The maximum Gasteiger partial charge on any atom is 0.306 e. The standard InChI is InChI=1S/C33H47N3O2/c1-31-14-15-33(34)29(28(31)9-8-27(31)25-5-4-16-35-21-25)7-6-26-19-24(10-13-32(26,33)2)22-38-30(37)20-23-11-17-36(3)18-12-23/h4-6,8,16,21,23-24,28-29H,7,9-15,17-20,22,34H2,1-3H3/t24-,28-,29-,31+,32-,33+/m0/s1. The van der Waals surface area contributed by atoms with Gasteiger partial charge in [0.05, 0.1) is 6.61 Å². The van der Waals surface area contributed by atoms with Crippen LogP contribution >= 0.6 is 0 Å². The van der Waals surface area contributed by atoms with Crippen molar-refractivity contribution in [3.05, 3.63) is 47.8 Å². The summed E-state index contributed by atoms with van der Waals surface area (Å²) in [6.07, 6.45) is 19.4. The normalized spacial score (nSPS) is 39.4. The van der Waals surface area contributed by atoms with E-state index in [0.29, 0.717) is 36.7 Å². The third-order valence-electron chi connectivity index (χ3n) is 11.9. The summed E-state index contributed by atoms with van der Waals surface area (Å²) in [6, 6.07) is 4.28. The molecule has 0 unspecified atom stereocenters. The molecule has 6 atom stereocenters. The second-order valence-electron chi connectivity index (χ2n) is 13.8. The SMILES string of the molecule is CN1CCC(CC(=O)OC[C@H]2CC[C@@]3(C)C(=CC[C@H]4[C@@H]5CC=C(c6cccnc6)[C@@]5(C)CC[C@@]43N)C2)CC1. The first kappa shape index (κ1) is 26.3. The van der Waals surface area contributed by atoms with Gasteiger partial charge in [0.1, 0.15) is 0 Å². The molecule has 0 amide bonds. The van der Waals surface area contributed by atoms with Gasteiger partial charge in [-0.2, -0.15) is 0 Å². The Morgan fingerprint density at radius 3 is 2.63 bits per heavy atom. The lowest BCUT2D eigenvalue weighted by Gasteiger charge is -2.63. The Labute approximate surface area is 229 Å². The highest BCUT2D eigenvalue weighted by Crippen LogP contribution is 2.67. The second-order valence-corrected chi connectivity index (χ2v) is 13.8. The summed E-state index contributed by atoms with van der Waals surface area (Å²) >= 11 is 0. The molecular weight excluding hydrogens is 470 g/mol. The van der Waals surface area contributed by atoms with Crippen molar-refractivity contribution in [3.63, 3.8) is 0 Å². The largest absolute Gasteiger partial charge is 0.465 e. The summed E-state index contributed by atoms with van der Waals surface area (Å²) in [5.41, 5.74) is 11.9. The number of allylic oxidation sites excluding steroid dienone is 3. The number of carbonyl (C=O) groups excluding carboxylic acids is 1. The average molecular weight is 518 g/mol. The summed E-state index contributed by atoms with van der Waals surface area (Å²) in [4.78, 5) is 19.4. The molecule has 0 aromatic carbocycles. The maximum absolute atomic E-state index is 12.6. The highest BCUT2D eigenvalue weighted by Gasteiger charge is 2.63. The van der Waals surface area contributed by atoms with Gasteiger partial charge in [-0.15, -0.1) is 0 Å². The molecule has 0 bridgehead atoms. The molecule has 0 radical (unpaired) electrons. The quantitative estimate of drug-likeness (QED) is 0.383. The van der Waals surface area contributed by atoms with Crippen LogP contribution in [0.4, 0.5) is 0 Å². The summed E-state index contributed by atoms with van der Waals surface area (Å²) < 4.78 is 5.86. The van der Waals surface area contributed by atoms with Gasteiger partial charge >= 0.3 is 5.97 Å². The number of ether oxygens (including phenoxy) is 1. The van der Waals surface area contributed by atoms with Crippen molar-refractivity contribution in [2.45, 2.75) is 83.6 Å². The van der Waals surface area contributed by atoms with E-state index in [-0.39, 0.29) is 22.3 Å². The molecule has 2 N–H and O–H groups in total. The topological polar surface area (TPSA) is 68.5 Å². The molecule has 1 saturated heterocycles. The zero-order chi connectivity index (χ0) is 26.5. The Morgan fingerprint density at radius 1 is 1.08 bits per heavy atom. The van der Waals surface area contributed by atoms with Crippen LogP contribution in [0, 0.1) is 34.5 Å². The predicted molar refractivity (Wildman–Crippen MR) is 152 cm³/mol. The van der Waals surface area contributed by atoms with Gasteiger partial charge in [-0.1, -0.05) is 37.6 Å². The molecule has 5 nitrogen and oxygen atoms in total. The molecule has 0 spiro atoms.